The van der Waals surface area contributed by atoms with Gasteiger partial charge in [0.05, 0.1) is 24.6 Å². The van der Waals surface area contributed by atoms with E-state index in [9.17, 15) is 0 Å². The van der Waals surface area contributed by atoms with Crippen molar-refractivity contribution in [2.75, 3.05) is 20.3 Å². The van der Waals surface area contributed by atoms with E-state index in [0.29, 0.717) is 6.61 Å². The summed E-state index contributed by atoms with van der Waals surface area (Å²) < 4.78 is 11.2. The Bertz CT molecular complexity index is 539. The standard InChI is InChI=1S/C16H21NO2S/c1-4-17-15(16-14(18-3)10-11-20-16)12-8-6-7-9-13(12)19-5-2/h6-11,15,17H,4-5H2,1-3H3. The predicted molar refractivity (Wildman–Crippen MR) is 84.0 cm³/mol. The largest absolute Gasteiger partial charge is 0.496 e. The maximum atomic E-state index is 5.76. The van der Waals surface area contributed by atoms with Crippen LogP contribution in [0.1, 0.15) is 30.3 Å². The van der Waals surface area contributed by atoms with Crippen LogP contribution < -0.4 is 14.8 Å². The zero-order valence-electron chi connectivity index (χ0n) is 12.2. The van der Waals surface area contributed by atoms with Gasteiger partial charge in [0.15, 0.2) is 0 Å². The summed E-state index contributed by atoms with van der Waals surface area (Å²) in [5.41, 5.74) is 1.15. The first-order valence-electron chi connectivity index (χ1n) is 6.88. The average Bonchev–Trinajstić information content (AvgIpc) is 2.94. The molecule has 2 rings (SSSR count). The molecule has 1 aromatic carbocycles. The van der Waals surface area contributed by atoms with E-state index in [4.69, 9.17) is 9.47 Å². The summed E-state index contributed by atoms with van der Waals surface area (Å²) in [4.78, 5) is 1.18. The number of methoxy groups -OCH3 is 1. The van der Waals surface area contributed by atoms with Crippen molar-refractivity contribution >= 4 is 11.3 Å². The lowest BCUT2D eigenvalue weighted by molar-refractivity contribution is 0.333. The highest BCUT2D eigenvalue weighted by Gasteiger charge is 2.21. The van der Waals surface area contributed by atoms with Crippen LogP contribution in [0.3, 0.4) is 0 Å². The molecule has 0 aliphatic carbocycles. The molecular weight excluding hydrogens is 270 g/mol. The van der Waals surface area contributed by atoms with Gasteiger partial charge < -0.3 is 14.8 Å². The molecule has 0 aliphatic rings. The molecule has 0 spiro atoms. The van der Waals surface area contributed by atoms with Gasteiger partial charge in [0, 0.05) is 5.56 Å². The molecular formula is C16H21NO2S. The SMILES string of the molecule is CCNC(c1ccccc1OCC)c1sccc1OC. The van der Waals surface area contributed by atoms with Gasteiger partial charge in [-0.25, -0.2) is 0 Å². The Balaban J connectivity index is 2.43. The number of thiophene rings is 1. The van der Waals surface area contributed by atoms with Gasteiger partial charge in [-0.1, -0.05) is 25.1 Å². The first-order valence-corrected chi connectivity index (χ1v) is 7.76. The molecule has 3 nitrogen and oxygen atoms in total. The van der Waals surface area contributed by atoms with Crippen LogP contribution in [0, 0.1) is 0 Å². The van der Waals surface area contributed by atoms with Gasteiger partial charge in [0.25, 0.3) is 0 Å². The smallest absolute Gasteiger partial charge is 0.134 e. The third-order valence-electron chi connectivity index (χ3n) is 3.08. The highest BCUT2D eigenvalue weighted by atomic mass is 32.1. The van der Waals surface area contributed by atoms with Gasteiger partial charge in [-0.2, -0.15) is 0 Å². The molecule has 0 saturated heterocycles. The van der Waals surface area contributed by atoms with Crippen molar-refractivity contribution in [3.63, 3.8) is 0 Å². The van der Waals surface area contributed by atoms with E-state index >= 15 is 0 Å². The molecule has 1 unspecified atom stereocenters. The third-order valence-corrected chi connectivity index (χ3v) is 4.04. The number of hydrogen-bond acceptors (Lipinski definition) is 4. The normalized spacial score (nSPS) is 12.2. The van der Waals surface area contributed by atoms with Gasteiger partial charge in [0.2, 0.25) is 0 Å². The average molecular weight is 291 g/mol. The predicted octanol–water partition coefficient (Wildman–Crippen LogP) is 3.85. The van der Waals surface area contributed by atoms with E-state index in [0.717, 1.165) is 23.6 Å². The van der Waals surface area contributed by atoms with Crippen molar-refractivity contribution < 1.29 is 9.47 Å². The number of nitrogens with one attached hydrogen (secondary N) is 1. The minimum absolute atomic E-state index is 0.0951. The lowest BCUT2D eigenvalue weighted by Gasteiger charge is -2.21. The monoisotopic (exact) mass is 291 g/mol. The van der Waals surface area contributed by atoms with Crippen LogP contribution in [0.15, 0.2) is 35.7 Å². The fourth-order valence-electron chi connectivity index (χ4n) is 2.24. The Morgan fingerprint density at radius 3 is 2.65 bits per heavy atom. The minimum atomic E-state index is 0.0951. The number of ether oxygens (including phenoxy) is 2. The lowest BCUT2D eigenvalue weighted by atomic mass is 10.0. The van der Waals surface area contributed by atoms with E-state index < -0.39 is 0 Å². The Morgan fingerprint density at radius 1 is 1.15 bits per heavy atom. The van der Waals surface area contributed by atoms with Crippen molar-refractivity contribution in [1.29, 1.82) is 0 Å². The molecule has 20 heavy (non-hydrogen) atoms. The van der Waals surface area contributed by atoms with Crippen molar-refractivity contribution in [3.8, 4) is 11.5 Å². The second kappa shape index (κ2) is 7.31. The van der Waals surface area contributed by atoms with Crippen molar-refractivity contribution in [2.24, 2.45) is 0 Å². The maximum Gasteiger partial charge on any atom is 0.134 e. The van der Waals surface area contributed by atoms with Gasteiger partial charge in [-0.15, -0.1) is 11.3 Å². The van der Waals surface area contributed by atoms with Crippen LogP contribution in [0.4, 0.5) is 0 Å². The number of para-hydroxylation sites is 1. The Kier molecular flexibility index (Phi) is 5.44. The molecule has 1 heterocycles. The minimum Gasteiger partial charge on any atom is -0.496 e. The van der Waals surface area contributed by atoms with Crippen LogP contribution in [0.2, 0.25) is 0 Å². The molecule has 4 heteroatoms. The van der Waals surface area contributed by atoms with Crippen LogP contribution in [0.25, 0.3) is 0 Å². The maximum absolute atomic E-state index is 5.76. The van der Waals surface area contributed by atoms with Crippen LogP contribution in [-0.2, 0) is 0 Å². The molecule has 0 amide bonds. The Hall–Kier alpha value is -1.52. The summed E-state index contributed by atoms with van der Waals surface area (Å²) in [6, 6.07) is 10.3. The van der Waals surface area contributed by atoms with Gasteiger partial charge >= 0.3 is 0 Å². The highest BCUT2D eigenvalue weighted by Crippen LogP contribution is 2.38. The Labute approximate surface area is 124 Å². The molecule has 2 aromatic rings. The third kappa shape index (κ3) is 3.14. The quantitative estimate of drug-likeness (QED) is 0.840. The second-order valence-electron chi connectivity index (χ2n) is 4.31. The molecule has 0 fully saturated rings. The molecule has 0 bridgehead atoms. The molecule has 0 aliphatic heterocycles. The zero-order chi connectivity index (χ0) is 14.4. The van der Waals surface area contributed by atoms with E-state index in [1.807, 2.05) is 31.2 Å². The summed E-state index contributed by atoms with van der Waals surface area (Å²) in [5, 5.41) is 5.58. The molecule has 0 saturated carbocycles. The summed E-state index contributed by atoms with van der Waals surface area (Å²) in [6.07, 6.45) is 0. The van der Waals surface area contributed by atoms with E-state index in [2.05, 4.69) is 23.7 Å². The van der Waals surface area contributed by atoms with Crippen LogP contribution in [-0.4, -0.2) is 20.3 Å². The summed E-state index contributed by atoms with van der Waals surface area (Å²) in [5.74, 6) is 1.85. The van der Waals surface area contributed by atoms with E-state index in [1.54, 1.807) is 18.4 Å². The summed E-state index contributed by atoms with van der Waals surface area (Å²) in [6.45, 7) is 5.66. The molecule has 1 aromatic heterocycles. The fraction of sp³-hybridized carbons (Fsp3) is 0.375. The molecule has 1 atom stereocenters. The first-order chi connectivity index (χ1) is 9.81. The van der Waals surface area contributed by atoms with Crippen LogP contribution >= 0.6 is 11.3 Å². The van der Waals surface area contributed by atoms with Crippen molar-refractivity contribution in [3.05, 3.63) is 46.2 Å². The summed E-state index contributed by atoms with van der Waals surface area (Å²) in [7, 11) is 1.71. The molecule has 108 valence electrons. The van der Waals surface area contributed by atoms with Crippen molar-refractivity contribution in [1.82, 2.24) is 5.32 Å². The lowest BCUT2D eigenvalue weighted by Crippen LogP contribution is -2.22. The van der Waals surface area contributed by atoms with Gasteiger partial charge in [-0.05, 0) is 31.0 Å². The van der Waals surface area contributed by atoms with Gasteiger partial charge in [-0.3, -0.25) is 0 Å². The topological polar surface area (TPSA) is 30.5 Å². The number of benzene rings is 1. The first kappa shape index (κ1) is 14.9. The second-order valence-corrected chi connectivity index (χ2v) is 5.26. The van der Waals surface area contributed by atoms with E-state index in [1.165, 1.54) is 4.88 Å². The highest BCUT2D eigenvalue weighted by molar-refractivity contribution is 7.10. The molecule has 1 N–H and O–H groups in total. The van der Waals surface area contributed by atoms with Crippen molar-refractivity contribution in [2.45, 2.75) is 19.9 Å². The Morgan fingerprint density at radius 2 is 1.95 bits per heavy atom. The molecule has 0 radical (unpaired) electrons. The number of hydrogen-bond donors (Lipinski definition) is 1. The van der Waals surface area contributed by atoms with Gasteiger partial charge in [0.1, 0.15) is 11.5 Å². The summed E-state index contributed by atoms with van der Waals surface area (Å²) >= 11 is 1.70. The van der Waals surface area contributed by atoms with Crippen LogP contribution in [0.5, 0.6) is 11.5 Å². The van der Waals surface area contributed by atoms with E-state index in [-0.39, 0.29) is 6.04 Å². The fourth-order valence-corrected chi connectivity index (χ4v) is 3.19. The zero-order valence-corrected chi connectivity index (χ0v) is 13.0. The number of rotatable bonds is 7.